The van der Waals surface area contributed by atoms with Gasteiger partial charge < -0.3 is 20.5 Å². The third-order valence-corrected chi connectivity index (χ3v) is 3.54. The summed E-state index contributed by atoms with van der Waals surface area (Å²) in [6.07, 6.45) is 5.57. The van der Waals surface area contributed by atoms with E-state index >= 15 is 0 Å². The van der Waals surface area contributed by atoms with E-state index in [9.17, 15) is 4.79 Å². The van der Waals surface area contributed by atoms with Gasteiger partial charge in [-0.25, -0.2) is 4.98 Å². The standard InChI is InChI=1S/C15H19N5O/c1-20(2)6-5-17-15(21)11-7-10-8-19-14-13(10)12(18-9-11)3-4-16-14/h3-4,7-8,18H,5-6,9H2,1-2H3,(H,16,19)(H,17,21). The number of hydrogen-bond donors (Lipinski definition) is 3. The van der Waals surface area contributed by atoms with Crippen LogP contribution in [0.15, 0.2) is 24.0 Å². The highest BCUT2D eigenvalue weighted by Crippen LogP contribution is 2.29. The number of anilines is 1. The quantitative estimate of drug-likeness (QED) is 0.785. The van der Waals surface area contributed by atoms with Gasteiger partial charge in [-0.3, -0.25) is 4.79 Å². The van der Waals surface area contributed by atoms with Crippen LogP contribution in [-0.2, 0) is 4.79 Å². The molecule has 6 heteroatoms. The second kappa shape index (κ2) is 5.57. The molecule has 3 heterocycles. The van der Waals surface area contributed by atoms with E-state index in [1.54, 1.807) is 6.20 Å². The van der Waals surface area contributed by atoms with Crippen LogP contribution < -0.4 is 10.6 Å². The predicted octanol–water partition coefficient (Wildman–Crippen LogP) is 1.05. The number of H-pyrrole nitrogens is 1. The highest BCUT2D eigenvalue weighted by Gasteiger charge is 2.17. The highest BCUT2D eigenvalue weighted by atomic mass is 16.1. The first kappa shape index (κ1) is 13.6. The van der Waals surface area contributed by atoms with Crippen molar-refractivity contribution in [1.29, 1.82) is 0 Å². The number of rotatable bonds is 4. The molecule has 0 saturated carbocycles. The van der Waals surface area contributed by atoms with Gasteiger partial charge in [-0.05, 0) is 26.2 Å². The Kier molecular flexibility index (Phi) is 3.62. The van der Waals surface area contributed by atoms with Gasteiger partial charge in [0.2, 0.25) is 5.91 Å². The molecule has 21 heavy (non-hydrogen) atoms. The molecule has 0 atom stereocenters. The zero-order valence-electron chi connectivity index (χ0n) is 12.2. The molecule has 0 spiro atoms. The molecule has 0 fully saturated rings. The Morgan fingerprint density at radius 3 is 3.14 bits per heavy atom. The maximum absolute atomic E-state index is 12.3. The van der Waals surface area contributed by atoms with E-state index in [2.05, 4.69) is 20.6 Å². The molecule has 6 nitrogen and oxygen atoms in total. The van der Waals surface area contributed by atoms with Crippen molar-refractivity contribution in [2.24, 2.45) is 0 Å². The number of amides is 1. The lowest BCUT2D eigenvalue weighted by atomic mass is 10.1. The Hall–Kier alpha value is -2.34. The van der Waals surface area contributed by atoms with Crippen molar-refractivity contribution < 1.29 is 4.79 Å². The third kappa shape index (κ3) is 2.75. The van der Waals surface area contributed by atoms with Crippen LogP contribution >= 0.6 is 0 Å². The molecule has 0 aromatic carbocycles. The second-order valence-electron chi connectivity index (χ2n) is 5.41. The molecule has 0 saturated heterocycles. The van der Waals surface area contributed by atoms with Crippen molar-refractivity contribution in [1.82, 2.24) is 20.2 Å². The molecule has 2 aromatic rings. The molecule has 1 amide bonds. The number of pyridine rings is 1. The van der Waals surface area contributed by atoms with Gasteiger partial charge in [0, 0.05) is 54.2 Å². The van der Waals surface area contributed by atoms with E-state index in [0.29, 0.717) is 13.1 Å². The van der Waals surface area contributed by atoms with Crippen molar-refractivity contribution in [3.8, 4) is 0 Å². The summed E-state index contributed by atoms with van der Waals surface area (Å²) in [4.78, 5) is 21.7. The van der Waals surface area contributed by atoms with Crippen molar-refractivity contribution in [3.05, 3.63) is 29.6 Å². The number of aromatic amines is 1. The van der Waals surface area contributed by atoms with Crippen LogP contribution in [0.4, 0.5) is 5.69 Å². The third-order valence-electron chi connectivity index (χ3n) is 3.54. The minimum atomic E-state index is -0.0283. The minimum Gasteiger partial charge on any atom is -0.380 e. The predicted molar refractivity (Wildman–Crippen MR) is 84.1 cm³/mol. The lowest BCUT2D eigenvalue weighted by Crippen LogP contribution is -2.33. The maximum Gasteiger partial charge on any atom is 0.249 e. The molecule has 0 aliphatic carbocycles. The molecule has 3 N–H and O–H groups in total. The first-order valence-corrected chi connectivity index (χ1v) is 6.98. The monoisotopic (exact) mass is 285 g/mol. The van der Waals surface area contributed by atoms with Crippen molar-refractivity contribution in [3.63, 3.8) is 0 Å². The van der Waals surface area contributed by atoms with E-state index < -0.39 is 0 Å². The summed E-state index contributed by atoms with van der Waals surface area (Å²) in [6, 6.07) is 1.93. The number of likely N-dealkylation sites (N-methyl/N-ethyl adjacent to an activating group) is 1. The number of carbonyl (C=O) groups is 1. The first-order chi connectivity index (χ1) is 10.1. The summed E-state index contributed by atoms with van der Waals surface area (Å²) in [6.45, 7) is 1.98. The van der Waals surface area contributed by atoms with E-state index in [0.717, 1.165) is 34.4 Å². The average molecular weight is 285 g/mol. The van der Waals surface area contributed by atoms with Gasteiger partial charge in [-0.15, -0.1) is 0 Å². The molecular weight excluding hydrogens is 266 g/mol. The average Bonchev–Trinajstić information content (AvgIpc) is 2.76. The van der Waals surface area contributed by atoms with Crippen LogP contribution in [0.3, 0.4) is 0 Å². The van der Waals surface area contributed by atoms with E-state index in [1.807, 2.05) is 37.3 Å². The molecule has 2 aromatic heterocycles. The van der Waals surface area contributed by atoms with Crippen LogP contribution in [0.25, 0.3) is 17.1 Å². The van der Waals surface area contributed by atoms with Crippen LogP contribution in [0.1, 0.15) is 5.56 Å². The number of hydrogen-bond acceptors (Lipinski definition) is 4. The lowest BCUT2D eigenvalue weighted by Gasteiger charge is -2.12. The van der Waals surface area contributed by atoms with Gasteiger partial charge in [0.15, 0.2) is 0 Å². The number of carbonyl (C=O) groups excluding carboxylic acids is 1. The number of nitrogens with zero attached hydrogens (tertiary/aromatic N) is 2. The number of aromatic nitrogens is 2. The second-order valence-corrected chi connectivity index (χ2v) is 5.41. The molecule has 110 valence electrons. The summed E-state index contributed by atoms with van der Waals surface area (Å²) in [7, 11) is 3.97. The Balaban J connectivity index is 1.81. The van der Waals surface area contributed by atoms with Gasteiger partial charge in [0.05, 0.1) is 0 Å². The Morgan fingerprint density at radius 2 is 2.33 bits per heavy atom. The first-order valence-electron chi connectivity index (χ1n) is 6.98. The zero-order valence-corrected chi connectivity index (χ0v) is 12.2. The Morgan fingerprint density at radius 1 is 1.48 bits per heavy atom. The zero-order chi connectivity index (χ0) is 14.8. The largest absolute Gasteiger partial charge is 0.380 e. The molecule has 0 unspecified atom stereocenters. The Labute approximate surface area is 123 Å². The van der Waals surface area contributed by atoms with Crippen molar-refractivity contribution in [2.75, 3.05) is 39.0 Å². The lowest BCUT2D eigenvalue weighted by molar-refractivity contribution is -0.117. The van der Waals surface area contributed by atoms with E-state index in [1.165, 1.54) is 0 Å². The summed E-state index contributed by atoms with van der Waals surface area (Å²) in [5.41, 5.74) is 3.56. The maximum atomic E-state index is 12.3. The van der Waals surface area contributed by atoms with Gasteiger partial charge in [-0.1, -0.05) is 0 Å². The van der Waals surface area contributed by atoms with Crippen LogP contribution in [0, 0.1) is 0 Å². The molecule has 3 rings (SSSR count). The van der Waals surface area contributed by atoms with Gasteiger partial charge in [0.25, 0.3) is 0 Å². The fourth-order valence-electron chi connectivity index (χ4n) is 2.42. The van der Waals surface area contributed by atoms with Crippen molar-refractivity contribution in [2.45, 2.75) is 0 Å². The minimum absolute atomic E-state index is 0.0283. The normalized spacial score (nSPS) is 13.8. The van der Waals surface area contributed by atoms with E-state index in [-0.39, 0.29) is 5.91 Å². The fourth-order valence-corrected chi connectivity index (χ4v) is 2.42. The van der Waals surface area contributed by atoms with Gasteiger partial charge in [0.1, 0.15) is 5.65 Å². The topological polar surface area (TPSA) is 73.0 Å². The molecule has 1 aliphatic heterocycles. The highest BCUT2D eigenvalue weighted by molar-refractivity contribution is 6.05. The molecule has 0 bridgehead atoms. The summed E-state index contributed by atoms with van der Waals surface area (Å²) in [5, 5.41) is 7.29. The summed E-state index contributed by atoms with van der Waals surface area (Å²) < 4.78 is 0. The molecule has 1 aliphatic rings. The van der Waals surface area contributed by atoms with Crippen LogP contribution in [0.2, 0.25) is 0 Å². The van der Waals surface area contributed by atoms with Crippen molar-refractivity contribution >= 4 is 28.7 Å². The summed E-state index contributed by atoms with van der Waals surface area (Å²) in [5.74, 6) is -0.0283. The van der Waals surface area contributed by atoms with E-state index in [4.69, 9.17) is 0 Å². The van der Waals surface area contributed by atoms with Gasteiger partial charge >= 0.3 is 0 Å². The van der Waals surface area contributed by atoms with Crippen LogP contribution in [0.5, 0.6) is 0 Å². The van der Waals surface area contributed by atoms with Crippen LogP contribution in [-0.4, -0.2) is 54.5 Å². The molecule has 0 radical (unpaired) electrons. The summed E-state index contributed by atoms with van der Waals surface area (Å²) >= 11 is 0. The smallest absolute Gasteiger partial charge is 0.249 e. The van der Waals surface area contributed by atoms with Gasteiger partial charge in [-0.2, -0.15) is 0 Å². The SMILES string of the molecule is CN(C)CCNC(=O)C1=Cc2c[nH]c3nccc(c23)NC1. The Bertz CT molecular complexity index is 701. The fraction of sp³-hybridized carbons (Fsp3) is 0.333. The number of nitrogens with one attached hydrogen (secondary N) is 3. The molecular formula is C15H19N5O.